The molecular weight excluding hydrogens is 350 g/mol. The Balaban J connectivity index is 1.27. The van der Waals surface area contributed by atoms with E-state index in [1.807, 2.05) is 12.1 Å². The third kappa shape index (κ3) is 3.59. The van der Waals surface area contributed by atoms with Gasteiger partial charge < -0.3 is 8.98 Å². The van der Waals surface area contributed by atoms with E-state index in [0.717, 1.165) is 49.2 Å². The summed E-state index contributed by atoms with van der Waals surface area (Å²) in [6, 6.07) is 10.4. The van der Waals surface area contributed by atoms with Crippen LogP contribution in [0, 0.1) is 0 Å². The molecule has 3 aromatic rings. The first-order chi connectivity index (χ1) is 13.8. The van der Waals surface area contributed by atoms with E-state index >= 15 is 0 Å². The summed E-state index contributed by atoms with van der Waals surface area (Å²) in [5.41, 5.74) is 0.978. The van der Waals surface area contributed by atoms with E-state index in [2.05, 4.69) is 49.8 Å². The van der Waals surface area contributed by atoms with Crippen molar-refractivity contribution in [2.75, 3.05) is 26.2 Å². The lowest BCUT2D eigenvalue weighted by Gasteiger charge is -2.31. The van der Waals surface area contributed by atoms with E-state index in [1.54, 1.807) is 0 Å². The van der Waals surface area contributed by atoms with Crippen molar-refractivity contribution in [3.05, 3.63) is 47.7 Å². The van der Waals surface area contributed by atoms with Crippen molar-refractivity contribution in [2.24, 2.45) is 7.05 Å². The molecule has 0 unspecified atom stereocenters. The smallest absolute Gasteiger partial charge is 0.146 e. The van der Waals surface area contributed by atoms with Crippen LogP contribution in [0.1, 0.15) is 49.0 Å². The number of hydrogen-bond acceptors (Lipinski definition) is 5. The third-order valence-corrected chi connectivity index (χ3v) is 6.29. The van der Waals surface area contributed by atoms with Gasteiger partial charge in [-0.15, -0.1) is 10.2 Å². The maximum Gasteiger partial charge on any atom is 0.146 e. The molecule has 5 rings (SSSR count). The van der Waals surface area contributed by atoms with Gasteiger partial charge in [0.25, 0.3) is 0 Å². The zero-order valence-corrected chi connectivity index (χ0v) is 16.7. The van der Waals surface area contributed by atoms with Crippen LogP contribution in [0.4, 0.5) is 0 Å². The van der Waals surface area contributed by atoms with Crippen LogP contribution < -0.4 is 0 Å². The molecule has 0 amide bonds. The van der Waals surface area contributed by atoms with Crippen LogP contribution in [-0.4, -0.2) is 50.7 Å². The van der Waals surface area contributed by atoms with E-state index in [0.29, 0.717) is 5.92 Å². The number of nitrogens with zero attached hydrogens (tertiary/aromatic N) is 5. The summed E-state index contributed by atoms with van der Waals surface area (Å²) >= 11 is 0. The highest BCUT2D eigenvalue weighted by molar-refractivity contribution is 5.77. The summed E-state index contributed by atoms with van der Waals surface area (Å²) in [5, 5.41) is 10.3. The van der Waals surface area contributed by atoms with Gasteiger partial charge in [-0.05, 0) is 57.5 Å². The van der Waals surface area contributed by atoms with Crippen molar-refractivity contribution < 1.29 is 4.42 Å². The minimum Gasteiger partial charge on any atom is -0.460 e. The lowest BCUT2D eigenvalue weighted by Crippen LogP contribution is -2.34. The number of likely N-dealkylation sites (tertiary alicyclic amines) is 2. The fourth-order valence-corrected chi connectivity index (χ4v) is 4.75. The summed E-state index contributed by atoms with van der Waals surface area (Å²) < 4.78 is 8.28. The Hall–Kier alpha value is -2.18. The predicted octanol–water partition coefficient (Wildman–Crippen LogP) is 3.54. The molecule has 0 aliphatic carbocycles. The zero-order valence-electron chi connectivity index (χ0n) is 16.7. The van der Waals surface area contributed by atoms with Gasteiger partial charge >= 0.3 is 0 Å². The van der Waals surface area contributed by atoms with Gasteiger partial charge in [-0.3, -0.25) is 9.80 Å². The van der Waals surface area contributed by atoms with Crippen molar-refractivity contribution in [3.8, 4) is 0 Å². The van der Waals surface area contributed by atoms with Crippen LogP contribution in [-0.2, 0) is 20.1 Å². The topological polar surface area (TPSA) is 50.3 Å². The number of para-hydroxylation sites is 1. The number of fused-ring (bicyclic) bond motifs is 1. The molecule has 0 saturated carbocycles. The Bertz CT molecular complexity index is 906. The number of furan rings is 1. The number of hydrogen-bond donors (Lipinski definition) is 0. The fourth-order valence-electron chi connectivity index (χ4n) is 4.75. The first-order valence-electron chi connectivity index (χ1n) is 10.6. The molecule has 2 aromatic heterocycles. The van der Waals surface area contributed by atoms with E-state index in [-0.39, 0.29) is 0 Å². The highest BCUT2D eigenvalue weighted by Crippen LogP contribution is 2.28. The van der Waals surface area contributed by atoms with E-state index in [4.69, 9.17) is 4.42 Å². The molecular formula is C22H29N5O. The first-order valence-corrected chi connectivity index (χ1v) is 10.6. The molecule has 0 radical (unpaired) electrons. The lowest BCUT2D eigenvalue weighted by molar-refractivity contribution is 0.183. The van der Waals surface area contributed by atoms with E-state index in [9.17, 15) is 0 Å². The van der Waals surface area contributed by atoms with Gasteiger partial charge in [-0.2, -0.15) is 0 Å². The molecule has 2 fully saturated rings. The zero-order chi connectivity index (χ0) is 18.9. The molecule has 0 N–H and O–H groups in total. The third-order valence-electron chi connectivity index (χ3n) is 6.29. The van der Waals surface area contributed by atoms with Gasteiger partial charge in [0.15, 0.2) is 0 Å². The highest BCUT2D eigenvalue weighted by atomic mass is 16.3. The molecule has 1 aromatic carbocycles. The lowest BCUT2D eigenvalue weighted by atomic mass is 9.97. The summed E-state index contributed by atoms with van der Waals surface area (Å²) in [4.78, 5) is 4.99. The number of rotatable bonds is 5. The van der Waals surface area contributed by atoms with Crippen molar-refractivity contribution in [1.82, 2.24) is 24.6 Å². The van der Waals surface area contributed by atoms with Gasteiger partial charge in [0.2, 0.25) is 0 Å². The monoisotopic (exact) mass is 379 g/mol. The molecule has 1 atom stereocenters. The van der Waals surface area contributed by atoms with Crippen LogP contribution in [0.15, 0.2) is 34.7 Å². The van der Waals surface area contributed by atoms with Crippen LogP contribution in [0.5, 0.6) is 0 Å². The number of piperidine rings is 1. The summed E-state index contributed by atoms with van der Waals surface area (Å²) in [6.07, 6.45) is 5.00. The Morgan fingerprint density at radius 3 is 2.68 bits per heavy atom. The Kier molecular flexibility index (Phi) is 4.91. The summed E-state index contributed by atoms with van der Waals surface area (Å²) in [5.74, 6) is 3.74. The van der Waals surface area contributed by atoms with Crippen LogP contribution in [0.25, 0.3) is 11.0 Å². The largest absolute Gasteiger partial charge is 0.460 e. The standard InChI is InChI=1S/C22H29N5O/c1-25-21(16-26-10-4-5-11-26)23-24-22(25)18-8-6-12-27(14-18)15-19-13-17-7-2-3-9-20(17)28-19/h2-3,7,9,13,18H,4-6,8,10-12,14-16H2,1H3/t18-/m1/s1. The fraction of sp³-hybridized carbons (Fsp3) is 0.545. The molecule has 6 heteroatoms. The molecule has 0 bridgehead atoms. The maximum atomic E-state index is 6.03. The Labute approximate surface area is 166 Å². The molecule has 148 valence electrons. The van der Waals surface area contributed by atoms with Gasteiger partial charge in [0.1, 0.15) is 23.0 Å². The minimum absolute atomic E-state index is 0.447. The summed E-state index contributed by atoms with van der Waals surface area (Å²) in [6.45, 7) is 6.31. The Morgan fingerprint density at radius 1 is 1.00 bits per heavy atom. The second-order valence-electron chi connectivity index (χ2n) is 8.34. The molecule has 6 nitrogen and oxygen atoms in total. The maximum absolute atomic E-state index is 6.03. The van der Waals surface area contributed by atoms with Crippen molar-refractivity contribution in [3.63, 3.8) is 0 Å². The van der Waals surface area contributed by atoms with E-state index in [1.165, 1.54) is 44.2 Å². The van der Waals surface area contributed by atoms with Gasteiger partial charge in [0, 0.05) is 24.9 Å². The molecule has 28 heavy (non-hydrogen) atoms. The van der Waals surface area contributed by atoms with E-state index < -0.39 is 0 Å². The van der Waals surface area contributed by atoms with Gasteiger partial charge in [-0.25, -0.2) is 0 Å². The average Bonchev–Trinajstić information content (AvgIpc) is 3.43. The average molecular weight is 380 g/mol. The molecule has 0 spiro atoms. The van der Waals surface area contributed by atoms with Gasteiger partial charge in [0.05, 0.1) is 13.1 Å². The molecule has 2 aliphatic rings. The minimum atomic E-state index is 0.447. The van der Waals surface area contributed by atoms with Crippen LogP contribution in [0.3, 0.4) is 0 Å². The van der Waals surface area contributed by atoms with Crippen molar-refractivity contribution in [1.29, 1.82) is 0 Å². The van der Waals surface area contributed by atoms with Crippen molar-refractivity contribution >= 4 is 11.0 Å². The quantitative estimate of drug-likeness (QED) is 0.679. The second-order valence-corrected chi connectivity index (χ2v) is 8.34. The number of aromatic nitrogens is 3. The van der Waals surface area contributed by atoms with Gasteiger partial charge in [-0.1, -0.05) is 18.2 Å². The summed E-state index contributed by atoms with van der Waals surface area (Å²) in [7, 11) is 2.14. The van der Waals surface area contributed by atoms with Crippen LogP contribution >= 0.6 is 0 Å². The van der Waals surface area contributed by atoms with Crippen LogP contribution in [0.2, 0.25) is 0 Å². The first kappa shape index (κ1) is 17.9. The highest BCUT2D eigenvalue weighted by Gasteiger charge is 2.27. The second kappa shape index (κ2) is 7.68. The number of benzene rings is 1. The molecule has 2 saturated heterocycles. The van der Waals surface area contributed by atoms with Crippen molar-refractivity contribution in [2.45, 2.75) is 44.7 Å². The molecule has 2 aliphatic heterocycles. The normalized spacial score (nSPS) is 21.7. The predicted molar refractivity (Wildman–Crippen MR) is 109 cm³/mol. The SMILES string of the molecule is Cn1c(CN2CCCC2)nnc1[C@@H]1CCCN(Cc2cc3ccccc3o2)C1. The Morgan fingerprint density at radius 2 is 1.82 bits per heavy atom. The molecule has 4 heterocycles.